The lowest BCUT2D eigenvalue weighted by Gasteiger charge is -2.31. The van der Waals surface area contributed by atoms with Crippen LogP contribution in [-0.2, 0) is 6.42 Å². The maximum absolute atomic E-state index is 9.54. The van der Waals surface area contributed by atoms with Crippen molar-refractivity contribution < 1.29 is 19.5 Å². The van der Waals surface area contributed by atoms with Crippen molar-refractivity contribution in [2.24, 2.45) is 5.73 Å². The monoisotopic (exact) mass is 410 g/mol. The molecule has 0 saturated heterocycles. The smallest absolute Gasteiger partial charge is 0.258 e. The Bertz CT molecular complexity index is 1050. The molecule has 4 N–H and O–H groups in total. The number of rotatable bonds is 7. The summed E-state index contributed by atoms with van der Waals surface area (Å²) in [7, 11) is 1.63. The van der Waals surface area contributed by atoms with E-state index in [2.05, 4.69) is 15.0 Å². The summed E-state index contributed by atoms with van der Waals surface area (Å²) in [5, 5.41) is 23.3. The van der Waals surface area contributed by atoms with Crippen molar-refractivity contribution in [2.45, 2.75) is 18.9 Å². The molecule has 8 nitrogen and oxygen atoms in total. The van der Waals surface area contributed by atoms with Crippen LogP contribution >= 0.6 is 0 Å². The molecule has 0 atom stereocenters. The van der Waals surface area contributed by atoms with Crippen LogP contribution in [0.4, 0.5) is 5.69 Å². The van der Waals surface area contributed by atoms with Gasteiger partial charge < -0.3 is 30.1 Å². The maximum Gasteiger partial charge on any atom is 0.258 e. The number of fused-ring (bicyclic) bond motifs is 1. The highest BCUT2D eigenvalue weighted by molar-refractivity contribution is 5.74. The van der Waals surface area contributed by atoms with Crippen molar-refractivity contribution in [1.29, 1.82) is 0 Å². The van der Waals surface area contributed by atoms with Gasteiger partial charge in [-0.05, 0) is 42.7 Å². The molecule has 158 valence electrons. The van der Waals surface area contributed by atoms with E-state index in [4.69, 9.17) is 15.0 Å². The average Bonchev–Trinajstić information content (AvgIpc) is 3.42. The second-order valence-corrected chi connectivity index (χ2v) is 7.76. The van der Waals surface area contributed by atoms with E-state index in [9.17, 15) is 10.2 Å². The van der Waals surface area contributed by atoms with E-state index >= 15 is 0 Å². The third-order valence-electron chi connectivity index (χ3n) is 5.58. The van der Waals surface area contributed by atoms with E-state index < -0.39 is 5.54 Å². The lowest BCUT2D eigenvalue weighted by Crippen LogP contribution is -2.55. The third kappa shape index (κ3) is 3.65. The summed E-state index contributed by atoms with van der Waals surface area (Å²) in [6.07, 6.45) is 0.792. The molecule has 2 heterocycles. The van der Waals surface area contributed by atoms with Crippen LogP contribution in [0.1, 0.15) is 11.1 Å². The molecule has 0 spiro atoms. The molecule has 0 fully saturated rings. The molecule has 0 unspecified atom stereocenters. The van der Waals surface area contributed by atoms with E-state index in [-0.39, 0.29) is 13.2 Å². The highest BCUT2D eigenvalue weighted by atomic mass is 16.5. The number of anilines is 1. The number of hydrogen-bond acceptors (Lipinski definition) is 8. The lowest BCUT2D eigenvalue weighted by atomic mass is 10.0. The van der Waals surface area contributed by atoms with Crippen LogP contribution in [-0.4, -0.2) is 59.3 Å². The van der Waals surface area contributed by atoms with Crippen molar-refractivity contribution in [3.63, 3.8) is 0 Å². The minimum absolute atomic E-state index is 0.288. The first-order valence-electron chi connectivity index (χ1n) is 9.84. The predicted octanol–water partition coefficient (Wildman–Crippen LogP) is 1.77. The number of hydrogen-bond donors (Lipinski definition) is 3. The molecular formula is C22H26N4O4. The van der Waals surface area contributed by atoms with Gasteiger partial charge in [0.05, 0.1) is 25.9 Å². The number of nitrogens with two attached hydrogens (primary N) is 1. The molecule has 1 aliphatic rings. The number of nitrogens with zero attached hydrogens (tertiary/aromatic N) is 3. The molecule has 0 saturated carbocycles. The second kappa shape index (κ2) is 8.06. The van der Waals surface area contributed by atoms with Crippen molar-refractivity contribution in [2.75, 3.05) is 38.3 Å². The van der Waals surface area contributed by atoms with E-state index in [0.29, 0.717) is 18.3 Å². The Labute approximate surface area is 174 Å². The van der Waals surface area contributed by atoms with E-state index in [1.165, 1.54) is 0 Å². The van der Waals surface area contributed by atoms with Crippen LogP contribution in [0.25, 0.3) is 22.8 Å². The zero-order chi connectivity index (χ0) is 21.3. The molecule has 30 heavy (non-hydrogen) atoms. The van der Waals surface area contributed by atoms with Gasteiger partial charge in [0.15, 0.2) is 0 Å². The number of aliphatic hydroxyl groups excluding tert-OH is 2. The van der Waals surface area contributed by atoms with Crippen LogP contribution < -0.4 is 15.4 Å². The number of aryl methyl sites for hydroxylation is 1. The summed E-state index contributed by atoms with van der Waals surface area (Å²) < 4.78 is 10.9. The molecule has 4 rings (SSSR count). The number of aromatic nitrogens is 2. The zero-order valence-electron chi connectivity index (χ0n) is 17.1. The van der Waals surface area contributed by atoms with Gasteiger partial charge in [0.25, 0.3) is 5.89 Å². The normalized spacial score (nSPS) is 13.6. The molecule has 0 bridgehead atoms. The van der Waals surface area contributed by atoms with Crippen molar-refractivity contribution in [3.8, 4) is 28.6 Å². The Morgan fingerprint density at radius 1 is 1.23 bits per heavy atom. The molecule has 1 aliphatic heterocycles. The summed E-state index contributed by atoms with van der Waals surface area (Å²) in [4.78, 5) is 6.69. The number of ether oxygens (including phenoxy) is 1. The Morgan fingerprint density at radius 2 is 2.03 bits per heavy atom. The summed E-state index contributed by atoms with van der Waals surface area (Å²) >= 11 is 0. The summed E-state index contributed by atoms with van der Waals surface area (Å²) in [5.74, 6) is 1.71. The third-order valence-corrected chi connectivity index (χ3v) is 5.58. The average molecular weight is 410 g/mol. The van der Waals surface area contributed by atoms with Crippen molar-refractivity contribution in [3.05, 3.63) is 47.5 Å². The predicted molar refractivity (Wildman–Crippen MR) is 113 cm³/mol. The molecule has 8 heteroatoms. The largest absolute Gasteiger partial charge is 0.496 e. The van der Waals surface area contributed by atoms with Gasteiger partial charge in [0, 0.05) is 29.9 Å². The Kier molecular flexibility index (Phi) is 5.46. The van der Waals surface area contributed by atoms with Crippen LogP contribution in [0.3, 0.4) is 0 Å². The van der Waals surface area contributed by atoms with E-state index in [1.54, 1.807) is 7.11 Å². The Balaban J connectivity index is 1.65. The fourth-order valence-electron chi connectivity index (χ4n) is 3.81. The molecule has 2 aromatic carbocycles. The fourth-order valence-corrected chi connectivity index (χ4v) is 3.81. The Hall–Kier alpha value is -2.94. The van der Waals surface area contributed by atoms with Gasteiger partial charge >= 0.3 is 0 Å². The SMILES string of the molecule is COc1cc(-c2nc(-c3cccc4c3CCN4CC(N)(CO)CO)no2)ccc1C. The van der Waals surface area contributed by atoms with Crippen molar-refractivity contribution >= 4 is 5.69 Å². The van der Waals surface area contributed by atoms with Crippen LogP contribution in [0.15, 0.2) is 40.9 Å². The van der Waals surface area contributed by atoms with Gasteiger partial charge in [-0.25, -0.2) is 0 Å². The van der Waals surface area contributed by atoms with Gasteiger partial charge in [-0.15, -0.1) is 0 Å². The van der Waals surface area contributed by atoms with E-state index in [0.717, 1.165) is 46.7 Å². The molecule has 0 radical (unpaired) electrons. The van der Waals surface area contributed by atoms with Gasteiger partial charge in [-0.1, -0.05) is 23.4 Å². The summed E-state index contributed by atoms with van der Waals surface area (Å²) in [5.41, 5.74) is 9.88. The van der Waals surface area contributed by atoms with Gasteiger partial charge in [-0.2, -0.15) is 4.98 Å². The highest BCUT2D eigenvalue weighted by Crippen LogP contribution is 2.36. The first-order chi connectivity index (χ1) is 14.5. The van der Waals surface area contributed by atoms with Crippen LogP contribution in [0.2, 0.25) is 0 Å². The maximum atomic E-state index is 9.54. The molecule has 3 aromatic rings. The first-order valence-corrected chi connectivity index (χ1v) is 9.84. The molecule has 1 aromatic heterocycles. The minimum atomic E-state index is -1.05. The lowest BCUT2D eigenvalue weighted by molar-refractivity contribution is 0.125. The highest BCUT2D eigenvalue weighted by Gasteiger charge is 2.31. The molecular weight excluding hydrogens is 384 g/mol. The summed E-state index contributed by atoms with van der Waals surface area (Å²) in [6.45, 7) is 2.50. The molecule has 0 aliphatic carbocycles. The van der Waals surface area contributed by atoms with Crippen LogP contribution in [0.5, 0.6) is 5.75 Å². The number of benzene rings is 2. The topological polar surface area (TPSA) is 118 Å². The van der Waals surface area contributed by atoms with Crippen LogP contribution in [0, 0.1) is 6.92 Å². The quantitative estimate of drug-likeness (QED) is 0.539. The minimum Gasteiger partial charge on any atom is -0.496 e. The van der Waals surface area contributed by atoms with E-state index in [1.807, 2.05) is 43.3 Å². The first kappa shape index (κ1) is 20.3. The zero-order valence-corrected chi connectivity index (χ0v) is 17.1. The number of aliphatic hydroxyl groups is 2. The van der Waals surface area contributed by atoms with Gasteiger partial charge in [-0.3, -0.25) is 0 Å². The summed E-state index contributed by atoms with van der Waals surface area (Å²) in [6, 6.07) is 11.7. The fraction of sp³-hybridized carbons (Fsp3) is 0.364. The van der Waals surface area contributed by atoms with Gasteiger partial charge in [0.2, 0.25) is 5.82 Å². The Morgan fingerprint density at radius 3 is 2.77 bits per heavy atom. The molecule has 0 amide bonds. The number of methoxy groups -OCH3 is 1. The second-order valence-electron chi connectivity index (χ2n) is 7.76. The van der Waals surface area contributed by atoms with Gasteiger partial charge in [0.1, 0.15) is 5.75 Å². The van der Waals surface area contributed by atoms with Crippen molar-refractivity contribution in [1.82, 2.24) is 10.1 Å². The standard InChI is InChI=1S/C22H26N4O4/c1-14-6-7-15(10-19(14)29-2)21-24-20(25-30-21)17-4-3-5-18-16(17)8-9-26(18)11-22(23,12-27)13-28/h3-7,10,27-28H,8-9,11-13,23H2,1-2H3.